The number of aliphatic hydroxyl groups excluding tert-OH is 1. The molecule has 2 N–H and O–H groups in total. The summed E-state index contributed by atoms with van der Waals surface area (Å²) in [7, 11) is 0. The van der Waals surface area contributed by atoms with Crippen LogP contribution in [0.25, 0.3) is 0 Å². The summed E-state index contributed by atoms with van der Waals surface area (Å²) < 4.78 is 1.80. The zero-order chi connectivity index (χ0) is 12.8. The van der Waals surface area contributed by atoms with Gasteiger partial charge < -0.3 is 15.0 Å². The molecule has 0 radical (unpaired) electrons. The lowest BCUT2D eigenvalue weighted by Gasteiger charge is -2.09. The van der Waals surface area contributed by atoms with Crippen LogP contribution in [0.4, 0.5) is 0 Å². The first-order valence-corrected chi connectivity index (χ1v) is 6.16. The fourth-order valence-electron chi connectivity index (χ4n) is 1.73. The van der Waals surface area contributed by atoms with Gasteiger partial charge in [-0.3, -0.25) is 4.79 Å². The zero-order valence-corrected chi connectivity index (χ0v) is 10.8. The Morgan fingerprint density at radius 2 is 2.24 bits per heavy atom. The summed E-state index contributed by atoms with van der Waals surface area (Å²) >= 11 is 0. The van der Waals surface area contributed by atoms with E-state index in [1.54, 1.807) is 4.57 Å². The van der Waals surface area contributed by atoms with Crippen molar-refractivity contribution in [2.45, 2.75) is 52.3 Å². The van der Waals surface area contributed by atoms with Crippen molar-refractivity contribution in [3.05, 3.63) is 24.0 Å². The molecule has 0 aliphatic rings. The van der Waals surface area contributed by atoms with Gasteiger partial charge in [0, 0.05) is 18.4 Å². The first kappa shape index (κ1) is 13.8. The largest absolute Gasteiger partial charge is 0.388 e. The summed E-state index contributed by atoms with van der Waals surface area (Å²) in [4.78, 5) is 11.5. The Morgan fingerprint density at radius 3 is 2.82 bits per heavy atom. The van der Waals surface area contributed by atoms with Crippen LogP contribution in [0.5, 0.6) is 0 Å². The molecule has 1 aromatic rings. The fourth-order valence-corrected chi connectivity index (χ4v) is 1.73. The molecule has 1 unspecified atom stereocenters. The van der Waals surface area contributed by atoms with Gasteiger partial charge in [0.15, 0.2) is 0 Å². The molecule has 1 amide bonds. The highest BCUT2D eigenvalue weighted by molar-refractivity contribution is 5.75. The van der Waals surface area contributed by atoms with Gasteiger partial charge in [-0.15, -0.1) is 0 Å². The minimum Gasteiger partial charge on any atom is -0.388 e. The molecule has 1 rings (SSSR count). The first-order valence-electron chi connectivity index (χ1n) is 6.16. The molecule has 96 valence electrons. The Labute approximate surface area is 103 Å². The number of amides is 1. The number of nitrogens with zero attached hydrogens (tertiary/aromatic N) is 1. The van der Waals surface area contributed by atoms with Crippen LogP contribution in [0.15, 0.2) is 18.5 Å². The second-order valence-electron chi connectivity index (χ2n) is 4.64. The van der Waals surface area contributed by atoms with E-state index >= 15 is 0 Å². The maximum atomic E-state index is 11.5. The van der Waals surface area contributed by atoms with Gasteiger partial charge in [0.05, 0.1) is 6.10 Å². The van der Waals surface area contributed by atoms with E-state index in [0.717, 1.165) is 18.4 Å². The van der Waals surface area contributed by atoms with Gasteiger partial charge in [0.2, 0.25) is 5.91 Å². The second-order valence-corrected chi connectivity index (χ2v) is 4.64. The van der Waals surface area contributed by atoms with Crippen molar-refractivity contribution in [3.8, 4) is 0 Å². The van der Waals surface area contributed by atoms with Crippen molar-refractivity contribution in [1.29, 1.82) is 0 Å². The summed E-state index contributed by atoms with van der Waals surface area (Å²) in [6.07, 6.45) is 4.94. The van der Waals surface area contributed by atoms with Crippen LogP contribution in [0.2, 0.25) is 0 Å². The van der Waals surface area contributed by atoms with Crippen LogP contribution >= 0.6 is 0 Å². The molecule has 1 atom stereocenters. The quantitative estimate of drug-likeness (QED) is 0.794. The lowest BCUT2D eigenvalue weighted by Crippen LogP contribution is -2.32. The smallest absolute Gasteiger partial charge is 0.240 e. The Balaban J connectivity index is 2.53. The minimum atomic E-state index is -0.422. The summed E-state index contributed by atoms with van der Waals surface area (Å²) in [6, 6.07) is 2.02. The molecule has 0 fully saturated rings. The third-order valence-electron chi connectivity index (χ3n) is 2.50. The van der Waals surface area contributed by atoms with Crippen molar-refractivity contribution < 1.29 is 9.90 Å². The molecule has 17 heavy (non-hydrogen) atoms. The van der Waals surface area contributed by atoms with E-state index in [2.05, 4.69) is 5.32 Å². The molecule has 4 nitrogen and oxygen atoms in total. The number of hydrogen-bond acceptors (Lipinski definition) is 2. The van der Waals surface area contributed by atoms with Gasteiger partial charge in [-0.25, -0.2) is 0 Å². The molecular weight excluding hydrogens is 216 g/mol. The van der Waals surface area contributed by atoms with Crippen molar-refractivity contribution in [2.24, 2.45) is 0 Å². The highest BCUT2D eigenvalue weighted by Gasteiger charge is 2.09. The SMILES string of the molecule is CCCC(O)c1ccn(CC(=O)NC(C)C)c1. The molecule has 0 aliphatic carbocycles. The van der Waals surface area contributed by atoms with Crippen molar-refractivity contribution >= 4 is 5.91 Å². The van der Waals surface area contributed by atoms with Crippen LogP contribution in [-0.4, -0.2) is 21.6 Å². The van der Waals surface area contributed by atoms with E-state index in [1.807, 2.05) is 39.2 Å². The van der Waals surface area contributed by atoms with E-state index in [4.69, 9.17) is 0 Å². The maximum absolute atomic E-state index is 11.5. The monoisotopic (exact) mass is 238 g/mol. The predicted octanol–water partition coefficient (Wildman–Crippen LogP) is 1.85. The molecule has 0 saturated heterocycles. The number of aliphatic hydroxyl groups is 1. The van der Waals surface area contributed by atoms with Crippen LogP contribution in [-0.2, 0) is 11.3 Å². The van der Waals surface area contributed by atoms with E-state index in [1.165, 1.54) is 0 Å². The fraction of sp³-hybridized carbons (Fsp3) is 0.615. The first-order chi connectivity index (χ1) is 8.02. The Morgan fingerprint density at radius 1 is 1.53 bits per heavy atom. The lowest BCUT2D eigenvalue weighted by atomic mass is 10.1. The average molecular weight is 238 g/mol. The van der Waals surface area contributed by atoms with E-state index < -0.39 is 6.10 Å². The molecule has 4 heteroatoms. The molecule has 0 bridgehead atoms. The predicted molar refractivity (Wildman–Crippen MR) is 67.6 cm³/mol. The van der Waals surface area contributed by atoms with Gasteiger partial charge in [-0.2, -0.15) is 0 Å². The maximum Gasteiger partial charge on any atom is 0.240 e. The molecule has 1 heterocycles. The van der Waals surface area contributed by atoms with E-state index in [-0.39, 0.29) is 11.9 Å². The van der Waals surface area contributed by atoms with Gasteiger partial charge in [-0.1, -0.05) is 13.3 Å². The molecule has 1 aromatic heterocycles. The molecule has 0 aliphatic heterocycles. The van der Waals surface area contributed by atoms with Gasteiger partial charge in [-0.05, 0) is 31.9 Å². The zero-order valence-electron chi connectivity index (χ0n) is 10.8. The summed E-state index contributed by atoms with van der Waals surface area (Å²) in [6.45, 7) is 6.21. The molecule has 0 aromatic carbocycles. The van der Waals surface area contributed by atoms with Crippen LogP contribution < -0.4 is 5.32 Å². The Bertz CT molecular complexity index is 358. The van der Waals surface area contributed by atoms with Crippen LogP contribution in [0, 0.1) is 0 Å². The normalized spacial score (nSPS) is 12.8. The molecule has 0 saturated carbocycles. The van der Waals surface area contributed by atoms with Gasteiger partial charge in [0.25, 0.3) is 0 Å². The standard InChI is InChI=1S/C13H22N2O2/c1-4-5-12(16)11-6-7-15(8-11)9-13(17)14-10(2)3/h6-8,10,12,16H,4-5,9H2,1-3H3,(H,14,17). The Hall–Kier alpha value is -1.29. The summed E-state index contributed by atoms with van der Waals surface area (Å²) in [5, 5.41) is 12.6. The van der Waals surface area contributed by atoms with E-state index in [9.17, 15) is 9.90 Å². The third-order valence-corrected chi connectivity index (χ3v) is 2.50. The van der Waals surface area contributed by atoms with Crippen molar-refractivity contribution in [3.63, 3.8) is 0 Å². The number of carbonyl (C=O) groups is 1. The lowest BCUT2D eigenvalue weighted by molar-refractivity contribution is -0.122. The summed E-state index contributed by atoms with van der Waals surface area (Å²) in [5.74, 6) is -0.00729. The van der Waals surface area contributed by atoms with Gasteiger partial charge in [0.1, 0.15) is 6.54 Å². The third kappa shape index (κ3) is 4.61. The highest BCUT2D eigenvalue weighted by atomic mass is 16.3. The number of nitrogens with one attached hydrogen (secondary N) is 1. The van der Waals surface area contributed by atoms with Crippen LogP contribution in [0.1, 0.15) is 45.3 Å². The number of rotatable bonds is 6. The van der Waals surface area contributed by atoms with Crippen LogP contribution in [0.3, 0.4) is 0 Å². The Kier molecular flexibility index (Phi) is 5.22. The number of aromatic nitrogens is 1. The van der Waals surface area contributed by atoms with Crippen molar-refractivity contribution in [1.82, 2.24) is 9.88 Å². The van der Waals surface area contributed by atoms with Gasteiger partial charge >= 0.3 is 0 Å². The molecule has 0 spiro atoms. The minimum absolute atomic E-state index is 0.00729. The van der Waals surface area contributed by atoms with E-state index in [0.29, 0.717) is 6.54 Å². The summed E-state index contributed by atoms with van der Waals surface area (Å²) in [5.41, 5.74) is 0.879. The number of hydrogen-bond donors (Lipinski definition) is 2. The topological polar surface area (TPSA) is 54.3 Å². The second kappa shape index (κ2) is 6.45. The molecular formula is C13H22N2O2. The van der Waals surface area contributed by atoms with Crippen molar-refractivity contribution in [2.75, 3.05) is 0 Å². The highest BCUT2D eigenvalue weighted by Crippen LogP contribution is 2.18. The average Bonchev–Trinajstić information content (AvgIpc) is 2.65. The number of carbonyl (C=O) groups excluding carboxylic acids is 1.